The van der Waals surface area contributed by atoms with Gasteiger partial charge in [0.05, 0.1) is 12.4 Å². The number of hydrogen-bond acceptors (Lipinski definition) is 5. The quantitative estimate of drug-likeness (QED) is 0.776. The molecule has 0 unspecified atom stereocenters. The zero-order valence-corrected chi connectivity index (χ0v) is 9.89. The van der Waals surface area contributed by atoms with E-state index in [9.17, 15) is 0 Å². The monoisotopic (exact) mass is 238 g/mol. The molecule has 2 N–H and O–H groups in total. The number of aromatic nitrogens is 5. The van der Waals surface area contributed by atoms with E-state index in [4.69, 9.17) is 5.73 Å². The minimum atomic E-state index is 0.420. The summed E-state index contributed by atoms with van der Waals surface area (Å²) in [5.41, 5.74) is 5.58. The second-order valence-electron chi connectivity index (χ2n) is 3.17. The van der Waals surface area contributed by atoms with Crippen molar-refractivity contribution >= 4 is 11.8 Å². The highest BCUT2D eigenvalue weighted by Gasteiger charge is 2.09. The zero-order valence-electron chi connectivity index (χ0n) is 9.08. The first-order chi connectivity index (χ1) is 7.85. The smallest absolute Gasteiger partial charge is 0.193 e. The van der Waals surface area contributed by atoms with Gasteiger partial charge in [-0.2, -0.15) is 5.10 Å². The van der Waals surface area contributed by atoms with Gasteiger partial charge in [-0.05, 0) is 13.0 Å². The number of nitrogens with zero attached hydrogens (tertiary/aromatic N) is 5. The molecule has 6 nitrogen and oxygen atoms in total. The van der Waals surface area contributed by atoms with E-state index in [1.807, 2.05) is 21.5 Å². The van der Waals surface area contributed by atoms with Crippen molar-refractivity contribution in [1.29, 1.82) is 0 Å². The van der Waals surface area contributed by atoms with Gasteiger partial charge < -0.3 is 10.3 Å². The average Bonchev–Trinajstić information content (AvgIpc) is 2.94. The van der Waals surface area contributed by atoms with E-state index >= 15 is 0 Å². The lowest BCUT2D eigenvalue weighted by Crippen LogP contribution is -2.08. The fraction of sp³-hybridized carbons (Fsp3) is 0.444. The predicted molar refractivity (Wildman–Crippen MR) is 61.7 cm³/mol. The summed E-state index contributed by atoms with van der Waals surface area (Å²) in [7, 11) is 0. The van der Waals surface area contributed by atoms with E-state index in [0.717, 1.165) is 23.4 Å². The summed E-state index contributed by atoms with van der Waals surface area (Å²) in [6.07, 6.45) is 3.68. The molecule has 0 aliphatic carbocycles. The van der Waals surface area contributed by atoms with Gasteiger partial charge in [-0.25, -0.2) is 0 Å². The molecule has 16 heavy (non-hydrogen) atoms. The third kappa shape index (κ3) is 2.25. The lowest BCUT2D eigenvalue weighted by molar-refractivity contribution is 0.639. The maximum Gasteiger partial charge on any atom is 0.193 e. The Balaban J connectivity index is 2.06. The number of hydrogen-bond donors (Lipinski definition) is 1. The van der Waals surface area contributed by atoms with Crippen LogP contribution in [0.3, 0.4) is 0 Å². The molecule has 2 heterocycles. The molecule has 0 saturated heterocycles. The maximum atomic E-state index is 5.58. The van der Waals surface area contributed by atoms with Crippen molar-refractivity contribution in [2.45, 2.75) is 31.0 Å². The number of nitrogens with two attached hydrogens (primary N) is 1. The van der Waals surface area contributed by atoms with Gasteiger partial charge in [-0.3, -0.25) is 4.68 Å². The molecule has 0 bridgehead atoms. The zero-order chi connectivity index (χ0) is 11.4. The Morgan fingerprint density at radius 1 is 1.44 bits per heavy atom. The SMILES string of the molecule is CCn1c(CN)nnc1SCn1cccn1. The van der Waals surface area contributed by atoms with Crippen molar-refractivity contribution in [2.75, 3.05) is 0 Å². The Morgan fingerprint density at radius 2 is 2.31 bits per heavy atom. The normalized spacial score (nSPS) is 10.9. The fourth-order valence-electron chi connectivity index (χ4n) is 1.40. The summed E-state index contributed by atoms with van der Waals surface area (Å²) in [4.78, 5) is 0. The summed E-state index contributed by atoms with van der Waals surface area (Å²) >= 11 is 1.60. The van der Waals surface area contributed by atoms with Crippen LogP contribution in [0.4, 0.5) is 0 Å². The molecular formula is C9H14N6S. The molecule has 0 amide bonds. The van der Waals surface area contributed by atoms with Crippen LogP contribution in [0.1, 0.15) is 12.7 Å². The van der Waals surface area contributed by atoms with Crippen LogP contribution in [0, 0.1) is 0 Å². The Bertz CT molecular complexity index is 435. The van der Waals surface area contributed by atoms with Crippen molar-refractivity contribution in [3.63, 3.8) is 0 Å². The first-order valence-electron chi connectivity index (χ1n) is 5.07. The molecule has 0 radical (unpaired) electrons. The average molecular weight is 238 g/mol. The minimum Gasteiger partial charge on any atom is -0.324 e. The summed E-state index contributed by atoms with van der Waals surface area (Å²) in [6.45, 7) is 3.31. The molecule has 0 aliphatic heterocycles. The Morgan fingerprint density at radius 3 is 2.94 bits per heavy atom. The predicted octanol–water partition coefficient (Wildman–Crippen LogP) is 0.703. The van der Waals surface area contributed by atoms with Crippen molar-refractivity contribution < 1.29 is 0 Å². The van der Waals surface area contributed by atoms with Gasteiger partial charge in [0.15, 0.2) is 5.16 Å². The minimum absolute atomic E-state index is 0.420. The van der Waals surface area contributed by atoms with Gasteiger partial charge >= 0.3 is 0 Å². The molecule has 0 aliphatic rings. The van der Waals surface area contributed by atoms with Crippen molar-refractivity contribution in [1.82, 2.24) is 24.5 Å². The van der Waals surface area contributed by atoms with E-state index in [0.29, 0.717) is 6.54 Å². The second kappa shape index (κ2) is 5.13. The van der Waals surface area contributed by atoms with Crippen molar-refractivity contribution in [2.24, 2.45) is 5.73 Å². The third-order valence-electron chi connectivity index (χ3n) is 2.18. The summed E-state index contributed by atoms with van der Waals surface area (Å²) < 4.78 is 3.87. The Hall–Kier alpha value is -1.34. The highest BCUT2D eigenvalue weighted by atomic mass is 32.2. The van der Waals surface area contributed by atoms with Crippen LogP contribution >= 0.6 is 11.8 Å². The largest absolute Gasteiger partial charge is 0.324 e. The number of rotatable bonds is 5. The van der Waals surface area contributed by atoms with Gasteiger partial charge in [0.25, 0.3) is 0 Å². The lowest BCUT2D eigenvalue weighted by Gasteiger charge is -2.05. The second-order valence-corrected chi connectivity index (χ2v) is 4.08. The van der Waals surface area contributed by atoms with Crippen LogP contribution in [0.15, 0.2) is 23.6 Å². The number of thioether (sulfide) groups is 1. The van der Waals surface area contributed by atoms with Crippen LogP contribution in [-0.4, -0.2) is 24.5 Å². The molecule has 0 spiro atoms. The van der Waals surface area contributed by atoms with Crippen LogP contribution in [0.2, 0.25) is 0 Å². The van der Waals surface area contributed by atoms with E-state index in [-0.39, 0.29) is 0 Å². The van der Waals surface area contributed by atoms with E-state index in [1.165, 1.54) is 0 Å². The molecule has 2 rings (SSSR count). The van der Waals surface area contributed by atoms with Crippen LogP contribution in [-0.2, 0) is 19.0 Å². The molecule has 0 atom stereocenters. The summed E-state index contributed by atoms with van der Waals surface area (Å²) in [5.74, 6) is 1.56. The molecule has 7 heteroatoms. The molecule has 2 aromatic rings. The van der Waals surface area contributed by atoms with Crippen LogP contribution in [0.5, 0.6) is 0 Å². The Kier molecular flexibility index (Phi) is 3.58. The molecule has 86 valence electrons. The first kappa shape index (κ1) is 11.2. The van der Waals surface area contributed by atoms with Gasteiger partial charge in [0.1, 0.15) is 5.82 Å². The lowest BCUT2D eigenvalue weighted by atomic mass is 10.6. The molecule has 0 aromatic carbocycles. The highest BCUT2D eigenvalue weighted by Crippen LogP contribution is 2.18. The molecule has 2 aromatic heterocycles. The van der Waals surface area contributed by atoms with E-state index in [1.54, 1.807) is 18.0 Å². The van der Waals surface area contributed by atoms with Crippen molar-refractivity contribution in [3.8, 4) is 0 Å². The summed E-state index contributed by atoms with van der Waals surface area (Å²) in [5, 5.41) is 13.2. The summed E-state index contributed by atoms with van der Waals surface area (Å²) in [6, 6.07) is 1.90. The molecule has 0 saturated carbocycles. The van der Waals surface area contributed by atoms with Gasteiger partial charge in [0.2, 0.25) is 0 Å². The maximum absolute atomic E-state index is 5.58. The van der Waals surface area contributed by atoms with Gasteiger partial charge in [-0.15, -0.1) is 10.2 Å². The third-order valence-corrected chi connectivity index (χ3v) is 3.13. The van der Waals surface area contributed by atoms with Crippen LogP contribution < -0.4 is 5.73 Å². The van der Waals surface area contributed by atoms with Gasteiger partial charge in [0, 0.05) is 18.9 Å². The Labute approximate surface area is 97.8 Å². The van der Waals surface area contributed by atoms with Crippen LogP contribution in [0.25, 0.3) is 0 Å². The fourth-order valence-corrected chi connectivity index (χ4v) is 2.28. The topological polar surface area (TPSA) is 74.6 Å². The van der Waals surface area contributed by atoms with Crippen molar-refractivity contribution in [3.05, 3.63) is 24.3 Å². The standard InChI is InChI=1S/C9H14N6S/c1-2-15-8(6-10)12-13-9(15)16-7-14-5-3-4-11-14/h3-5H,2,6-7,10H2,1H3. The molecule has 0 fully saturated rings. The van der Waals surface area contributed by atoms with E-state index in [2.05, 4.69) is 22.2 Å². The van der Waals surface area contributed by atoms with Gasteiger partial charge in [-0.1, -0.05) is 11.8 Å². The first-order valence-corrected chi connectivity index (χ1v) is 6.06. The molecular weight excluding hydrogens is 224 g/mol. The van der Waals surface area contributed by atoms with E-state index < -0.39 is 0 Å². The highest BCUT2D eigenvalue weighted by molar-refractivity contribution is 7.98.